The van der Waals surface area contributed by atoms with Crippen LogP contribution in [0.15, 0.2) is 18.2 Å². The number of rotatable bonds is 3. The average Bonchev–Trinajstić information content (AvgIpc) is 2.20. The minimum absolute atomic E-state index is 0.460. The van der Waals surface area contributed by atoms with E-state index in [1.165, 1.54) is 16.7 Å². The van der Waals surface area contributed by atoms with Gasteiger partial charge >= 0.3 is 0 Å². The lowest BCUT2D eigenvalue weighted by Crippen LogP contribution is -2.36. The highest BCUT2D eigenvalue weighted by molar-refractivity contribution is 5.30. The van der Waals surface area contributed by atoms with E-state index in [0.717, 1.165) is 6.54 Å². The van der Waals surface area contributed by atoms with Crippen molar-refractivity contribution < 1.29 is 0 Å². The molecule has 1 aromatic rings. The van der Waals surface area contributed by atoms with E-state index in [-0.39, 0.29) is 0 Å². The Morgan fingerprint density at radius 2 is 1.93 bits per heavy atom. The van der Waals surface area contributed by atoms with Crippen molar-refractivity contribution in [1.29, 1.82) is 5.26 Å². The van der Waals surface area contributed by atoms with Gasteiger partial charge in [-0.3, -0.25) is 5.32 Å². The van der Waals surface area contributed by atoms with Gasteiger partial charge in [0.1, 0.15) is 5.54 Å². The van der Waals surface area contributed by atoms with Crippen LogP contribution in [0.5, 0.6) is 0 Å². The second kappa shape index (κ2) is 4.46. The fourth-order valence-electron chi connectivity index (χ4n) is 1.28. The molecule has 15 heavy (non-hydrogen) atoms. The molecule has 1 N–H and O–H groups in total. The van der Waals surface area contributed by atoms with Crippen molar-refractivity contribution >= 4 is 0 Å². The van der Waals surface area contributed by atoms with Crippen LogP contribution in [-0.2, 0) is 6.54 Å². The summed E-state index contributed by atoms with van der Waals surface area (Å²) in [5.74, 6) is 0. The molecule has 0 aliphatic heterocycles. The molecule has 0 aliphatic carbocycles. The minimum Gasteiger partial charge on any atom is -0.296 e. The van der Waals surface area contributed by atoms with Gasteiger partial charge in [0.05, 0.1) is 6.07 Å². The molecule has 1 rings (SSSR count). The largest absolute Gasteiger partial charge is 0.296 e. The van der Waals surface area contributed by atoms with E-state index in [9.17, 15) is 0 Å². The number of hydrogen-bond donors (Lipinski definition) is 1. The van der Waals surface area contributed by atoms with Gasteiger partial charge in [-0.25, -0.2) is 0 Å². The summed E-state index contributed by atoms with van der Waals surface area (Å²) in [6, 6.07) is 8.61. The Kier molecular flexibility index (Phi) is 3.49. The van der Waals surface area contributed by atoms with Gasteiger partial charge in [0.15, 0.2) is 0 Å². The van der Waals surface area contributed by atoms with Gasteiger partial charge in [-0.05, 0) is 44.4 Å². The Morgan fingerprint density at radius 1 is 1.27 bits per heavy atom. The van der Waals surface area contributed by atoms with Gasteiger partial charge in [0, 0.05) is 6.54 Å². The summed E-state index contributed by atoms with van der Waals surface area (Å²) < 4.78 is 0. The lowest BCUT2D eigenvalue weighted by Gasteiger charge is -2.17. The van der Waals surface area contributed by atoms with Crippen molar-refractivity contribution in [2.45, 2.75) is 39.8 Å². The number of nitriles is 1. The minimum atomic E-state index is -0.460. The fourth-order valence-corrected chi connectivity index (χ4v) is 1.28. The molecular weight excluding hydrogens is 184 g/mol. The number of hydrogen-bond acceptors (Lipinski definition) is 2. The molecule has 2 nitrogen and oxygen atoms in total. The van der Waals surface area contributed by atoms with E-state index in [4.69, 9.17) is 5.26 Å². The van der Waals surface area contributed by atoms with Crippen LogP contribution in [-0.4, -0.2) is 5.54 Å². The molecule has 0 saturated heterocycles. The van der Waals surface area contributed by atoms with E-state index in [1.54, 1.807) is 0 Å². The van der Waals surface area contributed by atoms with Crippen LogP contribution in [0.3, 0.4) is 0 Å². The second-order valence-corrected chi connectivity index (χ2v) is 4.51. The molecule has 0 heterocycles. The first-order chi connectivity index (χ1) is 6.94. The summed E-state index contributed by atoms with van der Waals surface area (Å²) in [5.41, 5.74) is 3.36. The van der Waals surface area contributed by atoms with Crippen LogP contribution >= 0.6 is 0 Å². The predicted octanol–water partition coefficient (Wildman–Crippen LogP) is 2.70. The Hall–Kier alpha value is -1.33. The zero-order valence-electron chi connectivity index (χ0n) is 9.89. The van der Waals surface area contributed by atoms with Gasteiger partial charge in [-0.1, -0.05) is 18.2 Å². The number of aryl methyl sites for hydroxylation is 2. The lowest BCUT2D eigenvalue weighted by atomic mass is 10.0. The third-order valence-electron chi connectivity index (χ3n) is 2.59. The molecule has 2 heteroatoms. The van der Waals surface area contributed by atoms with Gasteiger partial charge in [0.2, 0.25) is 0 Å². The maximum Gasteiger partial charge on any atom is 0.101 e. The number of benzene rings is 1. The third-order valence-corrected chi connectivity index (χ3v) is 2.59. The average molecular weight is 202 g/mol. The zero-order chi connectivity index (χ0) is 11.5. The van der Waals surface area contributed by atoms with Gasteiger partial charge in [-0.2, -0.15) is 5.26 Å². The van der Waals surface area contributed by atoms with E-state index in [2.05, 4.69) is 43.4 Å². The molecule has 0 saturated carbocycles. The Bertz CT molecular complexity index is 386. The smallest absolute Gasteiger partial charge is 0.101 e. The summed E-state index contributed by atoms with van der Waals surface area (Å²) in [6.45, 7) is 8.71. The van der Waals surface area contributed by atoms with Crippen molar-refractivity contribution in [3.63, 3.8) is 0 Å². The van der Waals surface area contributed by atoms with Crippen molar-refractivity contribution in [2.24, 2.45) is 0 Å². The highest BCUT2D eigenvalue weighted by atomic mass is 14.9. The number of nitrogens with zero attached hydrogens (tertiary/aromatic N) is 1. The van der Waals surface area contributed by atoms with E-state index in [1.807, 2.05) is 13.8 Å². The summed E-state index contributed by atoms with van der Waals surface area (Å²) in [4.78, 5) is 0. The van der Waals surface area contributed by atoms with Crippen molar-refractivity contribution in [1.82, 2.24) is 5.32 Å². The SMILES string of the molecule is Cc1ccc(CNC(C)(C)C#N)cc1C. The maximum absolute atomic E-state index is 8.86. The molecule has 80 valence electrons. The van der Waals surface area contributed by atoms with Crippen LogP contribution < -0.4 is 5.32 Å². The standard InChI is InChI=1S/C13H18N2/c1-10-5-6-12(7-11(10)2)8-15-13(3,4)9-14/h5-7,15H,8H2,1-4H3. The molecule has 0 fully saturated rings. The fraction of sp³-hybridized carbons (Fsp3) is 0.462. The molecule has 0 amide bonds. The summed E-state index contributed by atoms with van der Waals surface area (Å²) in [6.07, 6.45) is 0. The summed E-state index contributed by atoms with van der Waals surface area (Å²) in [5, 5.41) is 12.1. The molecule has 0 spiro atoms. The monoisotopic (exact) mass is 202 g/mol. The van der Waals surface area contributed by atoms with Crippen LogP contribution in [0.25, 0.3) is 0 Å². The van der Waals surface area contributed by atoms with E-state index in [0.29, 0.717) is 0 Å². The molecule has 0 radical (unpaired) electrons. The Balaban J connectivity index is 2.67. The zero-order valence-corrected chi connectivity index (χ0v) is 9.89. The van der Waals surface area contributed by atoms with Crippen molar-refractivity contribution in [3.8, 4) is 6.07 Å². The molecular formula is C13H18N2. The van der Waals surface area contributed by atoms with E-state index >= 15 is 0 Å². The first kappa shape index (κ1) is 11.7. The normalized spacial score (nSPS) is 11.1. The van der Waals surface area contributed by atoms with Gasteiger partial charge < -0.3 is 0 Å². The van der Waals surface area contributed by atoms with Gasteiger partial charge in [-0.15, -0.1) is 0 Å². The first-order valence-corrected chi connectivity index (χ1v) is 5.17. The Labute approximate surface area is 91.9 Å². The predicted molar refractivity (Wildman–Crippen MR) is 62.4 cm³/mol. The molecule has 0 bridgehead atoms. The van der Waals surface area contributed by atoms with Crippen LogP contribution in [0.1, 0.15) is 30.5 Å². The maximum atomic E-state index is 8.86. The van der Waals surface area contributed by atoms with Crippen LogP contribution in [0.2, 0.25) is 0 Å². The second-order valence-electron chi connectivity index (χ2n) is 4.51. The van der Waals surface area contributed by atoms with Gasteiger partial charge in [0.25, 0.3) is 0 Å². The quantitative estimate of drug-likeness (QED) is 0.818. The van der Waals surface area contributed by atoms with Crippen molar-refractivity contribution in [2.75, 3.05) is 0 Å². The highest BCUT2D eigenvalue weighted by Gasteiger charge is 2.14. The third kappa shape index (κ3) is 3.38. The van der Waals surface area contributed by atoms with E-state index < -0.39 is 5.54 Å². The molecule has 0 atom stereocenters. The first-order valence-electron chi connectivity index (χ1n) is 5.17. The molecule has 0 aliphatic rings. The van der Waals surface area contributed by atoms with Crippen LogP contribution in [0.4, 0.5) is 0 Å². The molecule has 1 aromatic carbocycles. The Morgan fingerprint density at radius 3 is 2.47 bits per heavy atom. The number of nitrogens with one attached hydrogen (secondary N) is 1. The summed E-state index contributed by atoms with van der Waals surface area (Å²) >= 11 is 0. The molecule has 0 unspecified atom stereocenters. The van der Waals surface area contributed by atoms with Crippen molar-refractivity contribution in [3.05, 3.63) is 34.9 Å². The topological polar surface area (TPSA) is 35.8 Å². The lowest BCUT2D eigenvalue weighted by molar-refractivity contribution is 0.485. The summed E-state index contributed by atoms with van der Waals surface area (Å²) in [7, 11) is 0. The molecule has 0 aromatic heterocycles. The highest BCUT2D eigenvalue weighted by Crippen LogP contribution is 2.10. The van der Waals surface area contributed by atoms with Crippen LogP contribution in [0, 0.1) is 25.2 Å².